The van der Waals surface area contributed by atoms with E-state index in [2.05, 4.69) is 68.4 Å². The summed E-state index contributed by atoms with van der Waals surface area (Å²) in [7, 11) is 0. The van der Waals surface area contributed by atoms with Gasteiger partial charge in [0.05, 0.1) is 0 Å². The number of hydrogen-bond acceptors (Lipinski definition) is 2. The molecule has 0 spiro atoms. The number of likely N-dealkylation sites (tertiary alicyclic amines) is 1. The molecule has 5 nitrogen and oxygen atoms in total. The van der Waals surface area contributed by atoms with Crippen LogP contribution >= 0.6 is 0 Å². The first-order valence-corrected chi connectivity index (χ1v) is 11.2. The number of nitrogens with zero attached hydrogens (tertiary/aromatic N) is 2. The molecule has 1 unspecified atom stereocenters. The topological polar surface area (TPSA) is 64.8 Å². The molecule has 3 heterocycles. The van der Waals surface area contributed by atoms with E-state index in [1.807, 2.05) is 12.4 Å². The fourth-order valence-electron chi connectivity index (χ4n) is 4.76. The molecule has 5 heteroatoms. The maximum absolute atomic E-state index is 12.3. The molecule has 156 valence electrons. The Bertz CT molecular complexity index is 1230. The lowest BCUT2D eigenvalue weighted by Gasteiger charge is -2.15. The highest BCUT2D eigenvalue weighted by molar-refractivity contribution is 5.85. The number of H-pyrrole nitrogens is 2. The maximum Gasteiger partial charge on any atom is 0.225 e. The Labute approximate surface area is 181 Å². The maximum atomic E-state index is 12.3. The predicted octanol–water partition coefficient (Wildman–Crippen LogP) is 5.03. The molecule has 31 heavy (non-hydrogen) atoms. The third kappa shape index (κ3) is 3.65. The molecular formula is C26H26N4O. The molecule has 6 rings (SSSR count). The number of fused-ring (bicyclic) bond motifs is 1. The van der Waals surface area contributed by atoms with Crippen molar-refractivity contribution >= 4 is 16.8 Å². The summed E-state index contributed by atoms with van der Waals surface area (Å²) in [5.41, 5.74) is 5.79. The van der Waals surface area contributed by atoms with Gasteiger partial charge in [0.1, 0.15) is 5.82 Å². The van der Waals surface area contributed by atoms with E-state index in [9.17, 15) is 4.79 Å². The molecule has 4 aromatic rings. The highest BCUT2D eigenvalue weighted by atomic mass is 16.2. The van der Waals surface area contributed by atoms with E-state index in [0.29, 0.717) is 17.7 Å². The van der Waals surface area contributed by atoms with E-state index in [1.54, 1.807) is 0 Å². The number of hydrogen-bond donors (Lipinski definition) is 2. The van der Waals surface area contributed by atoms with Crippen LogP contribution in [0.4, 0.5) is 0 Å². The van der Waals surface area contributed by atoms with Gasteiger partial charge >= 0.3 is 0 Å². The molecule has 1 saturated heterocycles. The third-order valence-corrected chi connectivity index (χ3v) is 6.71. The number of carbonyl (C=O) groups is 1. The normalized spacial score (nSPS) is 18.7. The molecule has 1 aliphatic heterocycles. The Balaban J connectivity index is 1.13. The summed E-state index contributed by atoms with van der Waals surface area (Å²) in [6, 6.07) is 17.1. The van der Waals surface area contributed by atoms with Gasteiger partial charge in [0.2, 0.25) is 5.91 Å². The lowest BCUT2D eigenvalue weighted by Crippen LogP contribution is -2.30. The number of benzene rings is 2. The van der Waals surface area contributed by atoms with E-state index in [4.69, 9.17) is 0 Å². The number of carbonyl (C=O) groups excluding carboxylic acids is 1. The van der Waals surface area contributed by atoms with Crippen molar-refractivity contribution in [2.75, 3.05) is 13.1 Å². The van der Waals surface area contributed by atoms with Gasteiger partial charge in [-0.2, -0.15) is 0 Å². The van der Waals surface area contributed by atoms with Gasteiger partial charge in [-0.25, -0.2) is 4.98 Å². The minimum absolute atomic E-state index is 0.324. The number of rotatable bonds is 5. The first kappa shape index (κ1) is 18.4. The lowest BCUT2D eigenvalue weighted by molar-refractivity contribution is -0.131. The van der Waals surface area contributed by atoms with Crippen LogP contribution in [0.15, 0.2) is 60.9 Å². The molecule has 2 N–H and O–H groups in total. The summed E-state index contributed by atoms with van der Waals surface area (Å²) >= 11 is 0. The Morgan fingerprint density at radius 3 is 2.65 bits per heavy atom. The molecule has 0 radical (unpaired) electrons. The van der Waals surface area contributed by atoms with Gasteiger partial charge in [-0.1, -0.05) is 36.4 Å². The zero-order chi connectivity index (χ0) is 20.8. The van der Waals surface area contributed by atoms with Crippen molar-refractivity contribution in [3.05, 3.63) is 66.6 Å². The molecule has 2 aliphatic rings. The van der Waals surface area contributed by atoms with Crippen LogP contribution in [0.5, 0.6) is 0 Å². The van der Waals surface area contributed by atoms with Crippen molar-refractivity contribution in [2.24, 2.45) is 11.8 Å². The molecule has 1 saturated carbocycles. The Kier molecular flexibility index (Phi) is 4.41. The van der Waals surface area contributed by atoms with E-state index in [0.717, 1.165) is 61.4 Å². The van der Waals surface area contributed by atoms with Crippen LogP contribution in [0.25, 0.3) is 33.4 Å². The largest absolute Gasteiger partial charge is 0.361 e. The summed E-state index contributed by atoms with van der Waals surface area (Å²) in [6.45, 7) is 1.81. The number of aromatic amines is 2. The zero-order valence-electron chi connectivity index (χ0n) is 17.5. The van der Waals surface area contributed by atoms with Gasteiger partial charge in [-0.05, 0) is 60.2 Å². The van der Waals surface area contributed by atoms with E-state index in [1.165, 1.54) is 16.5 Å². The van der Waals surface area contributed by atoms with Crippen LogP contribution < -0.4 is 0 Å². The molecule has 2 aromatic heterocycles. The summed E-state index contributed by atoms with van der Waals surface area (Å²) in [5, 5.41) is 1.23. The lowest BCUT2D eigenvalue weighted by atomic mass is 10.0. The first-order chi connectivity index (χ1) is 15.2. The zero-order valence-corrected chi connectivity index (χ0v) is 17.5. The summed E-state index contributed by atoms with van der Waals surface area (Å²) in [6.07, 6.45) is 8.14. The number of amides is 1. The Morgan fingerprint density at radius 2 is 1.81 bits per heavy atom. The average molecular weight is 411 g/mol. The number of nitrogens with one attached hydrogen (secondary N) is 2. The fraction of sp³-hybridized carbons (Fsp3) is 0.308. The van der Waals surface area contributed by atoms with Crippen LogP contribution in [0.1, 0.15) is 25.0 Å². The van der Waals surface area contributed by atoms with Gasteiger partial charge < -0.3 is 14.9 Å². The Hall–Kier alpha value is -3.34. The Morgan fingerprint density at radius 1 is 1.00 bits per heavy atom. The average Bonchev–Trinajstić information content (AvgIpc) is 3.17. The van der Waals surface area contributed by atoms with Crippen LogP contribution in [0.2, 0.25) is 0 Å². The first-order valence-electron chi connectivity index (χ1n) is 11.2. The summed E-state index contributed by atoms with van der Waals surface area (Å²) in [4.78, 5) is 25.7. The van der Waals surface area contributed by atoms with Crippen molar-refractivity contribution < 1.29 is 4.79 Å². The van der Waals surface area contributed by atoms with Gasteiger partial charge in [0.25, 0.3) is 0 Å². The molecular weight excluding hydrogens is 384 g/mol. The van der Waals surface area contributed by atoms with Crippen molar-refractivity contribution in [1.29, 1.82) is 0 Å². The van der Waals surface area contributed by atoms with Crippen molar-refractivity contribution in [2.45, 2.75) is 25.7 Å². The minimum atomic E-state index is 0.324. The van der Waals surface area contributed by atoms with E-state index in [-0.39, 0.29) is 0 Å². The van der Waals surface area contributed by atoms with Gasteiger partial charge in [0, 0.05) is 48.2 Å². The van der Waals surface area contributed by atoms with Crippen molar-refractivity contribution in [3.63, 3.8) is 0 Å². The van der Waals surface area contributed by atoms with Crippen LogP contribution in [0.3, 0.4) is 0 Å². The minimum Gasteiger partial charge on any atom is -0.361 e. The monoisotopic (exact) mass is 410 g/mol. The second-order valence-electron chi connectivity index (χ2n) is 9.03. The molecule has 2 fully saturated rings. The standard InChI is InChI=1S/C26H26N4O/c31-26(21-6-7-21)30-12-10-17(16-30)13-23-15-28-25(29-23)20-4-1-18(2-5-20)22-8-3-19-9-11-27-24(19)14-22/h1-5,8-9,11,14-15,17,21,27H,6-7,10,12-13,16H2,(H,28,29). The highest BCUT2D eigenvalue weighted by Crippen LogP contribution is 2.33. The predicted molar refractivity (Wildman–Crippen MR) is 122 cm³/mol. The van der Waals surface area contributed by atoms with Gasteiger partial charge in [0.15, 0.2) is 0 Å². The van der Waals surface area contributed by atoms with E-state index >= 15 is 0 Å². The summed E-state index contributed by atoms with van der Waals surface area (Å²) < 4.78 is 0. The summed E-state index contributed by atoms with van der Waals surface area (Å²) in [5.74, 6) is 2.14. The third-order valence-electron chi connectivity index (χ3n) is 6.71. The molecule has 2 aromatic carbocycles. The van der Waals surface area contributed by atoms with Crippen LogP contribution in [-0.4, -0.2) is 38.8 Å². The van der Waals surface area contributed by atoms with Crippen LogP contribution in [-0.2, 0) is 11.2 Å². The van der Waals surface area contributed by atoms with Crippen LogP contribution in [0, 0.1) is 11.8 Å². The van der Waals surface area contributed by atoms with Gasteiger partial charge in [-0.15, -0.1) is 0 Å². The molecule has 1 aliphatic carbocycles. The second-order valence-corrected chi connectivity index (χ2v) is 9.03. The number of imidazole rings is 1. The molecule has 1 amide bonds. The SMILES string of the molecule is O=C(C1CC1)N1CCC(Cc2cnc(-c3ccc(-c4ccc5cc[nH]c5c4)cc3)[nH]2)C1. The fourth-order valence-corrected chi connectivity index (χ4v) is 4.76. The highest BCUT2D eigenvalue weighted by Gasteiger charge is 2.36. The number of aromatic nitrogens is 3. The van der Waals surface area contributed by atoms with E-state index < -0.39 is 0 Å². The van der Waals surface area contributed by atoms with Crippen molar-refractivity contribution in [1.82, 2.24) is 19.9 Å². The second kappa shape index (κ2) is 7.41. The van der Waals surface area contributed by atoms with Gasteiger partial charge in [-0.3, -0.25) is 4.79 Å². The van der Waals surface area contributed by atoms with Crippen molar-refractivity contribution in [3.8, 4) is 22.5 Å². The smallest absolute Gasteiger partial charge is 0.225 e. The quantitative estimate of drug-likeness (QED) is 0.485. The molecule has 0 bridgehead atoms. The molecule has 1 atom stereocenters.